The summed E-state index contributed by atoms with van der Waals surface area (Å²) in [4.78, 5) is 31.7. The van der Waals surface area contributed by atoms with Crippen LogP contribution in [0.2, 0.25) is 0 Å². The maximum atomic E-state index is 13.7. The predicted molar refractivity (Wildman–Crippen MR) is 184 cm³/mol. The molecule has 1 atom stereocenters. The number of carbonyl (C=O) groups is 1. The SMILES string of the molecule is Cc1ccc(-c2cn(CC3CCOCC3)cc(C(=O)Nc3ccc(-c4cc(-c5cnn(C[C@H]6COCCO6)c5)cnc4N)nn3)c2=O)cc1. The Morgan fingerprint density at radius 1 is 0.898 bits per heavy atom. The molecule has 252 valence electrons. The summed E-state index contributed by atoms with van der Waals surface area (Å²) in [5.41, 5.74) is 10.9. The number of nitrogen functional groups attached to an aromatic ring is 1. The van der Waals surface area contributed by atoms with Gasteiger partial charge in [0.05, 0.1) is 38.3 Å². The smallest absolute Gasteiger partial charge is 0.262 e. The van der Waals surface area contributed by atoms with E-state index < -0.39 is 5.91 Å². The summed E-state index contributed by atoms with van der Waals surface area (Å²) in [6.07, 6.45) is 10.6. The van der Waals surface area contributed by atoms with Gasteiger partial charge in [-0.15, -0.1) is 10.2 Å². The van der Waals surface area contributed by atoms with Gasteiger partial charge in [-0.05, 0) is 49.4 Å². The van der Waals surface area contributed by atoms with E-state index >= 15 is 0 Å². The number of hydrogen-bond acceptors (Lipinski definition) is 10. The Balaban J connectivity index is 1.10. The standard InChI is InChI=1S/C36H38N8O5/c1-23-2-4-25(5-3-23)30-20-43(17-24-8-10-47-11-9-24)21-31(34(30)45)36(46)40-33-7-6-32(41-42-33)29-14-26(15-38-35(29)37)27-16-39-44(18-27)19-28-22-48-12-13-49-28/h2-7,14-16,18,20-21,24,28H,8-13,17,19,22H2,1H3,(H2,37,38)(H,40,42,46)/t28-/m0/s1. The van der Waals surface area contributed by atoms with Crippen LogP contribution in [0, 0.1) is 12.8 Å². The van der Waals surface area contributed by atoms with E-state index in [1.165, 1.54) is 0 Å². The fourth-order valence-corrected chi connectivity index (χ4v) is 6.09. The molecule has 6 heterocycles. The summed E-state index contributed by atoms with van der Waals surface area (Å²) < 4.78 is 20.5. The number of nitrogens with zero attached hydrogens (tertiary/aromatic N) is 6. The van der Waals surface area contributed by atoms with Crippen LogP contribution in [-0.4, -0.2) is 74.6 Å². The van der Waals surface area contributed by atoms with Gasteiger partial charge in [0.25, 0.3) is 5.91 Å². The summed E-state index contributed by atoms with van der Waals surface area (Å²) in [6, 6.07) is 12.9. The molecule has 1 aromatic carbocycles. The van der Waals surface area contributed by atoms with E-state index in [1.807, 2.05) is 58.9 Å². The zero-order valence-corrected chi connectivity index (χ0v) is 27.2. The Hall–Kier alpha value is -5.24. The van der Waals surface area contributed by atoms with E-state index in [4.69, 9.17) is 19.9 Å². The van der Waals surface area contributed by atoms with E-state index in [0.29, 0.717) is 68.9 Å². The van der Waals surface area contributed by atoms with Gasteiger partial charge in [-0.25, -0.2) is 4.98 Å². The van der Waals surface area contributed by atoms with E-state index in [0.717, 1.165) is 35.1 Å². The molecular weight excluding hydrogens is 624 g/mol. The average molecular weight is 663 g/mol. The molecule has 1 amide bonds. The third-order valence-electron chi connectivity index (χ3n) is 8.84. The molecule has 49 heavy (non-hydrogen) atoms. The van der Waals surface area contributed by atoms with Crippen molar-refractivity contribution in [3.05, 3.63) is 94.8 Å². The number of aryl methyl sites for hydroxylation is 1. The summed E-state index contributed by atoms with van der Waals surface area (Å²) in [5.74, 6) is 0.308. The van der Waals surface area contributed by atoms with Crippen molar-refractivity contribution in [2.75, 3.05) is 44.1 Å². The van der Waals surface area contributed by atoms with Gasteiger partial charge in [0.1, 0.15) is 17.5 Å². The average Bonchev–Trinajstić information content (AvgIpc) is 3.59. The maximum absolute atomic E-state index is 13.7. The van der Waals surface area contributed by atoms with Crippen LogP contribution in [0.15, 0.2) is 78.2 Å². The van der Waals surface area contributed by atoms with E-state index in [-0.39, 0.29) is 28.7 Å². The molecule has 0 unspecified atom stereocenters. The molecule has 0 aliphatic carbocycles. The van der Waals surface area contributed by atoms with Crippen molar-refractivity contribution in [2.24, 2.45) is 5.92 Å². The lowest BCUT2D eigenvalue weighted by atomic mass is 9.99. The van der Waals surface area contributed by atoms with Crippen LogP contribution in [0.25, 0.3) is 33.5 Å². The molecule has 2 fully saturated rings. The largest absolute Gasteiger partial charge is 0.383 e. The van der Waals surface area contributed by atoms with E-state index in [9.17, 15) is 9.59 Å². The second kappa shape index (κ2) is 14.5. The first-order valence-electron chi connectivity index (χ1n) is 16.4. The van der Waals surface area contributed by atoms with Crippen LogP contribution < -0.4 is 16.5 Å². The molecule has 4 aromatic heterocycles. The second-order valence-electron chi connectivity index (χ2n) is 12.5. The number of nitrogens with one attached hydrogen (secondary N) is 1. The topological polar surface area (TPSA) is 161 Å². The number of anilines is 2. The van der Waals surface area contributed by atoms with Crippen molar-refractivity contribution in [3.8, 4) is 33.5 Å². The number of carbonyl (C=O) groups excluding carboxylic acids is 1. The summed E-state index contributed by atoms with van der Waals surface area (Å²) in [6.45, 7) is 6.38. The molecule has 0 bridgehead atoms. The summed E-state index contributed by atoms with van der Waals surface area (Å²) in [5, 5.41) is 15.8. The third-order valence-corrected chi connectivity index (χ3v) is 8.84. The lowest BCUT2D eigenvalue weighted by Crippen LogP contribution is -2.32. The van der Waals surface area contributed by atoms with Gasteiger partial charge in [0, 0.05) is 66.8 Å². The Morgan fingerprint density at radius 2 is 1.73 bits per heavy atom. The lowest BCUT2D eigenvalue weighted by molar-refractivity contribution is -0.0946. The Bertz CT molecular complexity index is 1980. The number of amides is 1. The summed E-state index contributed by atoms with van der Waals surface area (Å²) in [7, 11) is 0. The van der Waals surface area contributed by atoms with Gasteiger partial charge in [-0.2, -0.15) is 5.10 Å². The van der Waals surface area contributed by atoms with Gasteiger partial charge < -0.3 is 29.8 Å². The maximum Gasteiger partial charge on any atom is 0.262 e. The number of ether oxygens (including phenoxy) is 3. The van der Waals surface area contributed by atoms with Crippen LogP contribution in [0.1, 0.15) is 28.8 Å². The molecule has 0 radical (unpaired) electrons. The number of nitrogens with two attached hydrogens (primary N) is 1. The highest BCUT2D eigenvalue weighted by Crippen LogP contribution is 2.29. The molecule has 0 saturated carbocycles. The van der Waals surface area contributed by atoms with Crippen molar-refractivity contribution >= 4 is 17.5 Å². The fraction of sp³-hybridized carbons (Fsp3) is 0.333. The molecule has 7 rings (SSSR count). The van der Waals surface area contributed by atoms with Crippen molar-refractivity contribution in [2.45, 2.75) is 39.0 Å². The molecule has 2 saturated heterocycles. The Labute approximate surface area is 283 Å². The van der Waals surface area contributed by atoms with Crippen molar-refractivity contribution in [1.82, 2.24) is 29.5 Å². The number of hydrogen-bond donors (Lipinski definition) is 2. The van der Waals surface area contributed by atoms with Gasteiger partial charge in [-0.1, -0.05) is 29.8 Å². The first-order chi connectivity index (χ1) is 23.9. The Morgan fingerprint density at radius 3 is 2.49 bits per heavy atom. The molecule has 13 nitrogen and oxygen atoms in total. The molecule has 2 aliphatic rings. The third kappa shape index (κ3) is 7.59. The van der Waals surface area contributed by atoms with E-state index in [1.54, 1.807) is 30.7 Å². The lowest BCUT2D eigenvalue weighted by Gasteiger charge is -2.23. The van der Waals surface area contributed by atoms with Crippen LogP contribution >= 0.6 is 0 Å². The second-order valence-corrected chi connectivity index (χ2v) is 12.5. The predicted octanol–water partition coefficient (Wildman–Crippen LogP) is 4.22. The first-order valence-corrected chi connectivity index (χ1v) is 16.4. The zero-order valence-electron chi connectivity index (χ0n) is 27.2. The molecule has 2 aliphatic heterocycles. The highest BCUT2D eigenvalue weighted by Gasteiger charge is 2.21. The van der Waals surface area contributed by atoms with Crippen LogP contribution in [-0.2, 0) is 27.3 Å². The number of pyridine rings is 2. The van der Waals surface area contributed by atoms with Gasteiger partial charge in [0.15, 0.2) is 5.82 Å². The fourth-order valence-electron chi connectivity index (χ4n) is 6.09. The van der Waals surface area contributed by atoms with Crippen LogP contribution in [0.5, 0.6) is 0 Å². The molecule has 0 spiro atoms. The van der Waals surface area contributed by atoms with Gasteiger partial charge in [-0.3, -0.25) is 14.3 Å². The molecular formula is C36H38N8O5. The minimum Gasteiger partial charge on any atom is -0.383 e. The Kier molecular flexibility index (Phi) is 9.55. The zero-order chi connectivity index (χ0) is 33.7. The van der Waals surface area contributed by atoms with Crippen molar-refractivity contribution in [1.29, 1.82) is 0 Å². The molecule has 13 heteroatoms. The van der Waals surface area contributed by atoms with Crippen molar-refractivity contribution in [3.63, 3.8) is 0 Å². The minimum atomic E-state index is -0.563. The highest BCUT2D eigenvalue weighted by atomic mass is 16.6. The highest BCUT2D eigenvalue weighted by molar-refractivity contribution is 6.04. The molecule has 3 N–H and O–H groups in total. The van der Waals surface area contributed by atoms with Crippen molar-refractivity contribution < 1.29 is 19.0 Å². The van der Waals surface area contributed by atoms with Crippen LogP contribution in [0.3, 0.4) is 0 Å². The van der Waals surface area contributed by atoms with Crippen LogP contribution in [0.4, 0.5) is 11.6 Å². The van der Waals surface area contributed by atoms with Gasteiger partial charge >= 0.3 is 0 Å². The normalized spacial score (nSPS) is 16.8. The van der Waals surface area contributed by atoms with E-state index in [2.05, 4.69) is 25.6 Å². The number of aromatic nitrogens is 6. The minimum absolute atomic E-state index is 0.0280. The first kappa shape index (κ1) is 32.3. The quantitative estimate of drug-likeness (QED) is 0.234. The monoisotopic (exact) mass is 662 g/mol. The summed E-state index contributed by atoms with van der Waals surface area (Å²) >= 11 is 0. The molecule has 5 aromatic rings. The van der Waals surface area contributed by atoms with Gasteiger partial charge in [0.2, 0.25) is 5.43 Å². The number of rotatable bonds is 9. The number of benzene rings is 1.